The maximum Gasteiger partial charge on any atom is 0.115 e. The number of hydrogen-bond donors (Lipinski definition) is 1. The minimum Gasteiger partial charge on any atom is -0.501 e. The van der Waals surface area contributed by atoms with E-state index in [0.717, 1.165) is 18.6 Å². The van der Waals surface area contributed by atoms with E-state index in [1.54, 1.807) is 0 Å². The largest absolute Gasteiger partial charge is 0.501 e. The molecule has 2 heterocycles. The number of nitrogens with zero attached hydrogens (tertiary/aromatic N) is 2. The summed E-state index contributed by atoms with van der Waals surface area (Å²) in [5.41, 5.74) is 2.33. The summed E-state index contributed by atoms with van der Waals surface area (Å²) in [6.45, 7) is 0.779. The van der Waals surface area contributed by atoms with Gasteiger partial charge in [-0.05, 0) is 12.6 Å². The van der Waals surface area contributed by atoms with Gasteiger partial charge in [-0.1, -0.05) is 0 Å². The maximum absolute atomic E-state index is 5.22. The van der Waals surface area contributed by atoms with Gasteiger partial charge in [-0.3, -0.25) is 0 Å². The SMILES string of the molecule is CNC(C1=COCC1)c1cncnc1. The third-order valence-electron chi connectivity index (χ3n) is 2.32. The van der Waals surface area contributed by atoms with Crippen LogP contribution in [0.25, 0.3) is 0 Å². The molecule has 0 aliphatic carbocycles. The highest BCUT2D eigenvalue weighted by Crippen LogP contribution is 2.25. The Hall–Kier alpha value is -1.42. The van der Waals surface area contributed by atoms with E-state index in [9.17, 15) is 0 Å². The minimum atomic E-state index is 0.179. The predicted octanol–water partition coefficient (Wildman–Crippen LogP) is 1.04. The fourth-order valence-corrected chi connectivity index (χ4v) is 1.64. The molecule has 0 saturated heterocycles. The fraction of sp³-hybridized carbons (Fsp3) is 0.400. The summed E-state index contributed by atoms with van der Waals surface area (Å²) in [6.07, 6.45) is 7.99. The standard InChI is InChI=1S/C10H13N3O/c1-11-10(8-2-3-14-6-8)9-4-12-7-13-5-9/h4-7,10-11H,2-3H2,1H3. The van der Waals surface area contributed by atoms with Crippen LogP contribution in [0.3, 0.4) is 0 Å². The molecule has 0 saturated carbocycles. The molecule has 0 fully saturated rings. The molecule has 14 heavy (non-hydrogen) atoms. The zero-order valence-corrected chi connectivity index (χ0v) is 8.10. The predicted molar refractivity (Wildman–Crippen MR) is 52.5 cm³/mol. The molecule has 0 spiro atoms. The molecule has 1 N–H and O–H groups in total. The maximum atomic E-state index is 5.22. The average Bonchev–Trinajstić information content (AvgIpc) is 2.74. The van der Waals surface area contributed by atoms with Crippen molar-refractivity contribution in [3.63, 3.8) is 0 Å². The van der Waals surface area contributed by atoms with Gasteiger partial charge < -0.3 is 10.1 Å². The Morgan fingerprint density at radius 3 is 2.79 bits per heavy atom. The van der Waals surface area contributed by atoms with Crippen molar-refractivity contribution in [2.24, 2.45) is 0 Å². The van der Waals surface area contributed by atoms with Crippen molar-refractivity contribution in [3.05, 3.63) is 36.1 Å². The second kappa shape index (κ2) is 4.19. The van der Waals surface area contributed by atoms with E-state index in [2.05, 4.69) is 15.3 Å². The Labute approximate surface area is 83.0 Å². The topological polar surface area (TPSA) is 47.0 Å². The van der Waals surface area contributed by atoms with Crippen LogP contribution in [-0.4, -0.2) is 23.6 Å². The lowest BCUT2D eigenvalue weighted by molar-refractivity contribution is 0.281. The first-order chi connectivity index (χ1) is 6.92. The number of aromatic nitrogens is 2. The van der Waals surface area contributed by atoms with E-state index in [4.69, 9.17) is 4.74 Å². The lowest BCUT2D eigenvalue weighted by Gasteiger charge is -2.15. The summed E-state index contributed by atoms with van der Waals surface area (Å²) in [5.74, 6) is 0. The smallest absolute Gasteiger partial charge is 0.115 e. The van der Waals surface area contributed by atoms with Crippen LogP contribution in [0.2, 0.25) is 0 Å². The van der Waals surface area contributed by atoms with Crippen LogP contribution >= 0.6 is 0 Å². The second-order valence-corrected chi connectivity index (χ2v) is 3.21. The summed E-state index contributed by atoms with van der Waals surface area (Å²) < 4.78 is 5.22. The van der Waals surface area contributed by atoms with Crippen LogP contribution in [0.4, 0.5) is 0 Å². The first-order valence-corrected chi connectivity index (χ1v) is 4.64. The zero-order chi connectivity index (χ0) is 9.80. The van der Waals surface area contributed by atoms with Crippen LogP contribution in [-0.2, 0) is 4.74 Å². The van der Waals surface area contributed by atoms with Crippen molar-refractivity contribution in [2.75, 3.05) is 13.7 Å². The number of rotatable bonds is 3. The van der Waals surface area contributed by atoms with Gasteiger partial charge in [-0.2, -0.15) is 0 Å². The molecule has 0 radical (unpaired) electrons. The van der Waals surface area contributed by atoms with E-state index in [-0.39, 0.29) is 6.04 Å². The van der Waals surface area contributed by atoms with Crippen LogP contribution in [0, 0.1) is 0 Å². The highest BCUT2D eigenvalue weighted by atomic mass is 16.5. The van der Waals surface area contributed by atoms with Crippen molar-refractivity contribution in [2.45, 2.75) is 12.5 Å². The first kappa shape index (κ1) is 9.15. The summed E-state index contributed by atoms with van der Waals surface area (Å²) in [6, 6.07) is 0.179. The molecule has 1 unspecified atom stereocenters. The van der Waals surface area contributed by atoms with Gasteiger partial charge in [0.05, 0.1) is 18.9 Å². The van der Waals surface area contributed by atoms with Gasteiger partial charge in [0.15, 0.2) is 0 Å². The third kappa shape index (κ3) is 1.75. The molecule has 1 aliphatic rings. The number of likely N-dealkylation sites (N-methyl/N-ethyl adjacent to an activating group) is 1. The number of nitrogens with one attached hydrogen (secondary N) is 1. The van der Waals surface area contributed by atoms with E-state index in [1.807, 2.05) is 25.7 Å². The molecule has 1 atom stereocenters. The lowest BCUT2D eigenvalue weighted by atomic mass is 10.0. The highest BCUT2D eigenvalue weighted by Gasteiger charge is 2.18. The second-order valence-electron chi connectivity index (χ2n) is 3.21. The van der Waals surface area contributed by atoms with Crippen LogP contribution in [0.5, 0.6) is 0 Å². The Bertz CT molecular complexity index is 323. The summed E-state index contributed by atoms with van der Waals surface area (Å²) in [7, 11) is 1.93. The van der Waals surface area contributed by atoms with Gasteiger partial charge in [-0.25, -0.2) is 9.97 Å². The summed E-state index contributed by atoms with van der Waals surface area (Å²) in [4.78, 5) is 8.01. The molecular formula is C10H13N3O. The van der Waals surface area contributed by atoms with E-state index < -0.39 is 0 Å². The van der Waals surface area contributed by atoms with Crippen molar-refractivity contribution >= 4 is 0 Å². The molecule has 4 heteroatoms. The lowest BCUT2D eigenvalue weighted by Crippen LogP contribution is -2.18. The van der Waals surface area contributed by atoms with Gasteiger partial charge in [0.1, 0.15) is 6.33 Å². The molecule has 74 valence electrons. The Morgan fingerprint density at radius 2 is 2.21 bits per heavy atom. The molecule has 0 bridgehead atoms. The normalized spacial score (nSPS) is 17.4. The molecule has 1 aromatic rings. The van der Waals surface area contributed by atoms with E-state index in [1.165, 1.54) is 11.9 Å². The Balaban J connectivity index is 2.21. The van der Waals surface area contributed by atoms with E-state index >= 15 is 0 Å². The Kier molecular flexibility index (Phi) is 2.74. The summed E-state index contributed by atoms with van der Waals surface area (Å²) >= 11 is 0. The monoisotopic (exact) mass is 191 g/mol. The van der Waals surface area contributed by atoms with Crippen molar-refractivity contribution in [1.82, 2.24) is 15.3 Å². The van der Waals surface area contributed by atoms with Gasteiger partial charge in [-0.15, -0.1) is 0 Å². The van der Waals surface area contributed by atoms with Crippen molar-refractivity contribution in [3.8, 4) is 0 Å². The van der Waals surface area contributed by atoms with Gasteiger partial charge in [0, 0.05) is 24.4 Å². The van der Waals surface area contributed by atoms with Gasteiger partial charge in [0.25, 0.3) is 0 Å². The highest BCUT2D eigenvalue weighted by molar-refractivity contribution is 5.23. The van der Waals surface area contributed by atoms with Gasteiger partial charge >= 0.3 is 0 Å². The fourth-order valence-electron chi connectivity index (χ4n) is 1.64. The molecular weight excluding hydrogens is 178 g/mol. The third-order valence-corrected chi connectivity index (χ3v) is 2.32. The molecule has 1 aromatic heterocycles. The summed E-state index contributed by atoms with van der Waals surface area (Å²) in [5, 5.41) is 3.23. The molecule has 4 nitrogen and oxygen atoms in total. The molecule has 0 amide bonds. The van der Waals surface area contributed by atoms with Gasteiger partial charge in [0.2, 0.25) is 0 Å². The number of hydrogen-bond acceptors (Lipinski definition) is 4. The first-order valence-electron chi connectivity index (χ1n) is 4.64. The minimum absolute atomic E-state index is 0.179. The molecule has 1 aliphatic heterocycles. The number of ether oxygens (including phenoxy) is 1. The molecule has 0 aromatic carbocycles. The molecule has 2 rings (SSSR count). The van der Waals surface area contributed by atoms with Crippen LogP contribution in [0.15, 0.2) is 30.6 Å². The Morgan fingerprint density at radius 1 is 1.43 bits per heavy atom. The van der Waals surface area contributed by atoms with Crippen LogP contribution in [0.1, 0.15) is 18.0 Å². The van der Waals surface area contributed by atoms with E-state index in [0.29, 0.717) is 0 Å². The average molecular weight is 191 g/mol. The van der Waals surface area contributed by atoms with Crippen molar-refractivity contribution < 1.29 is 4.74 Å². The quantitative estimate of drug-likeness (QED) is 0.775. The van der Waals surface area contributed by atoms with Crippen LogP contribution < -0.4 is 5.32 Å². The zero-order valence-electron chi connectivity index (χ0n) is 8.10. The van der Waals surface area contributed by atoms with Crippen molar-refractivity contribution in [1.29, 1.82) is 0 Å².